The highest BCUT2D eigenvalue weighted by atomic mass is 16.2. The van der Waals surface area contributed by atoms with Crippen molar-refractivity contribution in [2.24, 2.45) is 17.1 Å². The average Bonchev–Trinajstić information content (AvgIpc) is 2.93. The minimum Gasteiger partial charge on any atom is -0.326 e. The number of nitrogens with two attached hydrogens (primary N) is 1. The van der Waals surface area contributed by atoms with Gasteiger partial charge in [0.1, 0.15) is 0 Å². The second-order valence-corrected chi connectivity index (χ2v) is 6.59. The Bertz CT molecular complexity index is 511. The Morgan fingerprint density at radius 2 is 2.14 bits per heavy atom. The molecular formula is C17H25N3O. The number of carbonyl (C=O) groups is 1. The Labute approximate surface area is 126 Å². The zero-order valence-corrected chi connectivity index (χ0v) is 12.7. The monoisotopic (exact) mass is 287 g/mol. The maximum Gasteiger partial charge on any atom is 0.232 e. The van der Waals surface area contributed by atoms with E-state index in [1.54, 1.807) is 0 Å². The molecule has 21 heavy (non-hydrogen) atoms. The molecule has 1 saturated heterocycles. The van der Waals surface area contributed by atoms with Crippen molar-refractivity contribution in [3.63, 3.8) is 0 Å². The van der Waals surface area contributed by atoms with Gasteiger partial charge in [0.25, 0.3) is 0 Å². The Kier molecular flexibility index (Phi) is 4.00. The van der Waals surface area contributed by atoms with Gasteiger partial charge in [-0.15, -0.1) is 0 Å². The normalized spacial score (nSPS) is 29.7. The van der Waals surface area contributed by atoms with Crippen molar-refractivity contribution in [2.45, 2.75) is 38.6 Å². The molecule has 0 aromatic heterocycles. The maximum atomic E-state index is 12.8. The van der Waals surface area contributed by atoms with E-state index in [9.17, 15) is 4.79 Å². The van der Waals surface area contributed by atoms with Crippen LogP contribution in [0, 0.1) is 11.3 Å². The van der Waals surface area contributed by atoms with Gasteiger partial charge in [0.05, 0.1) is 5.41 Å². The number of amides is 1. The zero-order chi connectivity index (χ0) is 14.9. The quantitative estimate of drug-likeness (QED) is 0.800. The number of hydrogen-bond donors (Lipinski definition) is 3. The summed E-state index contributed by atoms with van der Waals surface area (Å²) in [5, 5.41) is 6.54. The van der Waals surface area contributed by atoms with Crippen LogP contribution < -0.4 is 16.4 Å². The second-order valence-electron chi connectivity index (χ2n) is 6.59. The Morgan fingerprint density at radius 3 is 2.86 bits per heavy atom. The molecule has 2 fully saturated rings. The predicted octanol–water partition coefficient (Wildman–Crippen LogP) is 2.42. The molecule has 3 rings (SSSR count). The van der Waals surface area contributed by atoms with Gasteiger partial charge in [-0.2, -0.15) is 0 Å². The molecule has 1 aliphatic carbocycles. The molecule has 2 aliphatic rings. The number of carbonyl (C=O) groups excluding carboxylic acids is 1. The number of rotatable bonds is 3. The zero-order valence-electron chi connectivity index (χ0n) is 12.7. The van der Waals surface area contributed by atoms with Crippen LogP contribution in [0.1, 0.15) is 44.2 Å². The summed E-state index contributed by atoms with van der Waals surface area (Å²) in [6.07, 6.45) is 4.60. The molecule has 1 unspecified atom stereocenters. The fraction of sp³-hybridized carbons (Fsp3) is 0.588. The first-order valence-corrected chi connectivity index (χ1v) is 7.99. The summed E-state index contributed by atoms with van der Waals surface area (Å²) in [5.41, 5.74) is 7.62. The number of hydrogen-bond acceptors (Lipinski definition) is 3. The lowest BCUT2D eigenvalue weighted by atomic mass is 9.67. The smallest absolute Gasteiger partial charge is 0.232 e. The predicted molar refractivity (Wildman–Crippen MR) is 84.9 cm³/mol. The van der Waals surface area contributed by atoms with E-state index in [-0.39, 0.29) is 17.4 Å². The highest BCUT2D eigenvalue weighted by molar-refractivity contribution is 5.96. The van der Waals surface area contributed by atoms with E-state index in [4.69, 9.17) is 5.73 Å². The van der Waals surface area contributed by atoms with Crippen molar-refractivity contribution in [3.05, 3.63) is 29.8 Å². The standard InChI is InChI=1S/C17H25N3O/c1-12(18)13-5-7-15(8-6-13)20-16(21)17-9-3-2-4-14(17)10-19-11-17/h5-8,12,14,19H,2-4,9-11,18H2,1H3,(H,20,21)/t12?,14-,17+/m0/s1. The van der Waals surface area contributed by atoms with E-state index in [2.05, 4.69) is 10.6 Å². The Balaban J connectivity index is 1.73. The highest BCUT2D eigenvalue weighted by Gasteiger charge is 2.49. The van der Waals surface area contributed by atoms with Crippen molar-refractivity contribution in [1.29, 1.82) is 0 Å². The molecular weight excluding hydrogens is 262 g/mol. The van der Waals surface area contributed by atoms with Crippen LogP contribution in [0.15, 0.2) is 24.3 Å². The molecule has 1 aliphatic heterocycles. The minimum absolute atomic E-state index is 0.0232. The number of benzene rings is 1. The molecule has 4 nitrogen and oxygen atoms in total. The SMILES string of the molecule is CC(N)c1ccc(NC(=O)[C@@]23CCCC[C@H]2CNC3)cc1. The summed E-state index contributed by atoms with van der Waals surface area (Å²) in [6.45, 7) is 3.77. The van der Waals surface area contributed by atoms with Gasteiger partial charge in [0.15, 0.2) is 0 Å². The lowest BCUT2D eigenvalue weighted by Crippen LogP contribution is -2.44. The molecule has 114 valence electrons. The molecule has 0 bridgehead atoms. The molecule has 1 amide bonds. The third kappa shape index (κ3) is 2.70. The van der Waals surface area contributed by atoms with Crippen LogP contribution in [0.4, 0.5) is 5.69 Å². The van der Waals surface area contributed by atoms with Gasteiger partial charge in [-0.25, -0.2) is 0 Å². The van der Waals surface area contributed by atoms with E-state index in [0.717, 1.165) is 37.2 Å². The summed E-state index contributed by atoms with van der Waals surface area (Å²) in [6, 6.07) is 7.91. The van der Waals surface area contributed by atoms with Gasteiger partial charge in [0.2, 0.25) is 5.91 Å². The number of fused-ring (bicyclic) bond motifs is 1. The molecule has 3 atom stereocenters. The van der Waals surface area contributed by atoms with Gasteiger partial charge in [-0.1, -0.05) is 25.0 Å². The first-order chi connectivity index (χ1) is 10.1. The van der Waals surface area contributed by atoms with E-state index in [0.29, 0.717) is 5.92 Å². The van der Waals surface area contributed by atoms with E-state index in [1.165, 1.54) is 12.8 Å². The largest absolute Gasteiger partial charge is 0.326 e. The Hall–Kier alpha value is -1.39. The Morgan fingerprint density at radius 1 is 1.38 bits per heavy atom. The topological polar surface area (TPSA) is 67.1 Å². The van der Waals surface area contributed by atoms with Gasteiger partial charge in [-0.05, 0) is 49.9 Å². The summed E-state index contributed by atoms with van der Waals surface area (Å²) < 4.78 is 0. The average molecular weight is 287 g/mol. The van der Waals surface area contributed by atoms with Crippen LogP contribution in [0.25, 0.3) is 0 Å². The lowest BCUT2D eigenvalue weighted by molar-refractivity contribution is -0.128. The fourth-order valence-electron chi connectivity index (χ4n) is 3.82. The molecule has 1 saturated carbocycles. The number of anilines is 1. The van der Waals surface area contributed by atoms with E-state index >= 15 is 0 Å². The third-order valence-electron chi connectivity index (χ3n) is 5.18. The number of nitrogens with one attached hydrogen (secondary N) is 2. The third-order valence-corrected chi connectivity index (χ3v) is 5.18. The van der Waals surface area contributed by atoms with Crippen LogP contribution in [-0.2, 0) is 4.79 Å². The molecule has 4 N–H and O–H groups in total. The fourth-order valence-corrected chi connectivity index (χ4v) is 3.82. The van der Waals surface area contributed by atoms with Crippen LogP contribution in [0.2, 0.25) is 0 Å². The van der Waals surface area contributed by atoms with Crippen LogP contribution in [0.5, 0.6) is 0 Å². The van der Waals surface area contributed by atoms with Crippen molar-refractivity contribution in [2.75, 3.05) is 18.4 Å². The van der Waals surface area contributed by atoms with Gasteiger partial charge in [-0.3, -0.25) is 4.79 Å². The molecule has 1 aromatic carbocycles. The highest BCUT2D eigenvalue weighted by Crippen LogP contribution is 2.44. The minimum atomic E-state index is -0.196. The van der Waals surface area contributed by atoms with E-state index < -0.39 is 0 Å². The van der Waals surface area contributed by atoms with Gasteiger partial charge < -0.3 is 16.4 Å². The van der Waals surface area contributed by atoms with Gasteiger partial charge in [0, 0.05) is 18.3 Å². The summed E-state index contributed by atoms with van der Waals surface area (Å²) in [7, 11) is 0. The molecule has 0 radical (unpaired) electrons. The summed E-state index contributed by atoms with van der Waals surface area (Å²) in [4.78, 5) is 12.8. The first kappa shape index (κ1) is 14.5. The first-order valence-electron chi connectivity index (χ1n) is 7.99. The maximum absolute atomic E-state index is 12.8. The molecule has 0 spiro atoms. The van der Waals surface area contributed by atoms with E-state index in [1.807, 2.05) is 31.2 Å². The summed E-state index contributed by atoms with van der Waals surface area (Å²) in [5.74, 6) is 0.681. The van der Waals surface area contributed by atoms with Gasteiger partial charge >= 0.3 is 0 Å². The van der Waals surface area contributed by atoms with Crippen molar-refractivity contribution in [1.82, 2.24) is 5.32 Å². The molecule has 1 aromatic rings. The van der Waals surface area contributed by atoms with Crippen molar-refractivity contribution < 1.29 is 4.79 Å². The van der Waals surface area contributed by atoms with Crippen LogP contribution in [0.3, 0.4) is 0 Å². The molecule has 4 heteroatoms. The van der Waals surface area contributed by atoms with Crippen molar-refractivity contribution in [3.8, 4) is 0 Å². The second kappa shape index (κ2) is 5.78. The molecule has 1 heterocycles. The van der Waals surface area contributed by atoms with Crippen molar-refractivity contribution >= 4 is 11.6 Å². The van der Waals surface area contributed by atoms with Crippen LogP contribution in [-0.4, -0.2) is 19.0 Å². The lowest BCUT2D eigenvalue weighted by Gasteiger charge is -2.37. The van der Waals surface area contributed by atoms with Crippen LogP contribution >= 0.6 is 0 Å². The summed E-state index contributed by atoms with van der Waals surface area (Å²) >= 11 is 0.